The number of carbonyl (C=O) groups is 1. The van der Waals surface area contributed by atoms with Gasteiger partial charge in [0.2, 0.25) is 0 Å². The molecule has 3 saturated carbocycles. The Labute approximate surface area is 134 Å². The van der Waals surface area contributed by atoms with Crippen LogP contribution in [0, 0.1) is 34.5 Å². The largest absolute Gasteiger partial charge is 0.393 e. The molecule has 3 fully saturated rings. The Hall–Kier alpha value is -0.630. The quantitative estimate of drug-likeness (QED) is 0.730. The van der Waals surface area contributed by atoms with Gasteiger partial charge in [-0.05, 0) is 79.1 Å². The van der Waals surface area contributed by atoms with Crippen molar-refractivity contribution in [2.75, 3.05) is 0 Å². The summed E-state index contributed by atoms with van der Waals surface area (Å²) in [5, 5.41) is 10.5. The lowest BCUT2D eigenvalue weighted by molar-refractivity contribution is -0.118. The van der Waals surface area contributed by atoms with Gasteiger partial charge in [0.15, 0.2) is 5.78 Å². The van der Waals surface area contributed by atoms with Gasteiger partial charge in [-0.1, -0.05) is 26.3 Å². The molecule has 4 aliphatic rings. The summed E-state index contributed by atoms with van der Waals surface area (Å²) in [5.74, 6) is 3.05. The second kappa shape index (κ2) is 4.69. The van der Waals surface area contributed by atoms with Gasteiger partial charge in [0.25, 0.3) is 0 Å². The molecule has 2 heteroatoms. The highest BCUT2D eigenvalue weighted by Gasteiger charge is 2.59. The molecule has 0 radical (unpaired) electrons. The summed E-state index contributed by atoms with van der Waals surface area (Å²) in [6.07, 6.45) is 9.54. The third-order valence-electron chi connectivity index (χ3n) is 8.23. The molecule has 1 unspecified atom stereocenters. The summed E-state index contributed by atoms with van der Waals surface area (Å²) >= 11 is 0. The molecule has 7 atom stereocenters. The van der Waals surface area contributed by atoms with Crippen molar-refractivity contribution in [2.24, 2.45) is 34.5 Å². The van der Waals surface area contributed by atoms with Crippen molar-refractivity contribution in [1.29, 1.82) is 0 Å². The molecule has 0 amide bonds. The zero-order chi connectivity index (χ0) is 15.7. The van der Waals surface area contributed by atoms with E-state index in [9.17, 15) is 9.90 Å². The van der Waals surface area contributed by atoms with E-state index >= 15 is 0 Å². The van der Waals surface area contributed by atoms with E-state index in [1.165, 1.54) is 31.3 Å². The van der Waals surface area contributed by atoms with E-state index in [4.69, 9.17) is 0 Å². The summed E-state index contributed by atoms with van der Waals surface area (Å²) in [4.78, 5) is 11.9. The molecule has 0 saturated heterocycles. The van der Waals surface area contributed by atoms with E-state index in [1.807, 2.05) is 6.08 Å². The average molecular weight is 302 g/mol. The summed E-state index contributed by atoms with van der Waals surface area (Å²) in [7, 11) is 0. The van der Waals surface area contributed by atoms with E-state index in [1.54, 1.807) is 0 Å². The van der Waals surface area contributed by atoms with Gasteiger partial charge >= 0.3 is 0 Å². The number of rotatable bonds is 0. The summed E-state index contributed by atoms with van der Waals surface area (Å²) in [6.45, 7) is 7.11. The third kappa shape index (κ3) is 1.79. The fraction of sp³-hybridized carbons (Fsp3) is 0.850. The maximum atomic E-state index is 11.9. The topological polar surface area (TPSA) is 37.3 Å². The summed E-state index contributed by atoms with van der Waals surface area (Å²) in [5.41, 5.74) is 1.85. The molecule has 0 aromatic carbocycles. The standard InChI is InChI=1S/C20H30O2/c1-12-10-14-15-4-5-18(22)20(15,3)9-7-16(14)19(2)8-6-13(21)11-17(12)19/h11-12,14-16,18,22H,4-10H2,1-3H3/t12-,14?,15-,16-,18-,19+,20-/m0/s1. The van der Waals surface area contributed by atoms with Gasteiger partial charge in [-0.25, -0.2) is 0 Å². The zero-order valence-corrected chi connectivity index (χ0v) is 14.3. The molecule has 1 N–H and O–H groups in total. The SMILES string of the molecule is C[C@H]1CC2[C@@H]3CC[C@H](O)[C@@]3(C)CC[C@@H]2[C@@]2(C)CCC(=O)C=C12. The lowest BCUT2D eigenvalue weighted by Gasteiger charge is -2.59. The Balaban J connectivity index is 1.73. The number of fused-ring (bicyclic) bond motifs is 5. The van der Waals surface area contributed by atoms with Gasteiger partial charge in [-0.15, -0.1) is 0 Å². The average Bonchev–Trinajstić information content (AvgIpc) is 2.77. The van der Waals surface area contributed by atoms with Gasteiger partial charge < -0.3 is 5.11 Å². The summed E-state index contributed by atoms with van der Waals surface area (Å²) in [6, 6.07) is 0. The van der Waals surface area contributed by atoms with Crippen molar-refractivity contribution in [3.8, 4) is 0 Å². The van der Waals surface area contributed by atoms with Crippen LogP contribution in [-0.4, -0.2) is 17.0 Å². The van der Waals surface area contributed by atoms with E-state index in [-0.39, 0.29) is 16.9 Å². The number of aliphatic hydroxyl groups is 1. The number of hydrogen-bond donors (Lipinski definition) is 1. The number of carbonyl (C=O) groups excluding carboxylic acids is 1. The van der Waals surface area contributed by atoms with E-state index in [0.29, 0.717) is 17.6 Å². The lowest BCUT2D eigenvalue weighted by Crippen LogP contribution is -2.52. The first-order chi connectivity index (χ1) is 10.4. The predicted molar refractivity (Wildman–Crippen MR) is 87.3 cm³/mol. The van der Waals surface area contributed by atoms with Crippen LogP contribution >= 0.6 is 0 Å². The smallest absolute Gasteiger partial charge is 0.155 e. The second-order valence-corrected chi connectivity index (χ2v) is 9.13. The Morgan fingerprint density at radius 1 is 1.14 bits per heavy atom. The normalized spacial score (nSPS) is 54.3. The maximum absolute atomic E-state index is 11.9. The molecule has 0 aliphatic heterocycles. The van der Waals surface area contributed by atoms with Gasteiger partial charge in [0.1, 0.15) is 0 Å². The Morgan fingerprint density at radius 3 is 2.68 bits per heavy atom. The molecule has 0 aromatic heterocycles. The van der Waals surface area contributed by atoms with Crippen molar-refractivity contribution in [1.82, 2.24) is 0 Å². The van der Waals surface area contributed by atoms with Gasteiger partial charge in [-0.2, -0.15) is 0 Å². The van der Waals surface area contributed by atoms with Crippen molar-refractivity contribution in [3.63, 3.8) is 0 Å². The third-order valence-corrected chi connectivity index (χ3v) is 8.23. The molecule has 4 aliphatic carbocycles. The molecule has 0 heterocycles. The first-order valence-electron chi connectivity index (χ1n) is 9.29. The van der Waals surface area contributed by atoms with Crippen LogP contribution in [0.3, 0.4) is 0 Å². The molecule has 0 spiro atoms. The van der Waals surface area contributed by atoms with Crippen LogP contribution in [0.5, 0.6) is 0 Å². The monoisotopic (exact) mass is 302 g/mol. The molecular weight excluding hydrogens is 272 g/mol. The van der Waals surface area contributed by atoms with Crippen LogP contribution in [0.25, 0.3) is 0 Å². The fourth-order valence-electron chi connectivity index (χ4n) is 6.96. The van der Waals surface area contributed by atoms with Crippen LogP contribution in [0.4, 0.5) is 0 Å². The molecule has 122 valence electrons. The van der Waals surface area contributed by atoms with Crippen LogP contribution < -0.4 is 0 Å². The van der Waals surface area contributed by atoms with Crippen LogP contribution in [-0.2, 0) is 4.79 Å². The molecular formula is C20H30O2. The van der Waals surface area contributed by atoms with Crippen LogP contribution in [0.1, 0.15) is 65.7 Å². The highest BCUT2D eigenvalue weighted by Crippen LogP contribution is 2.66. The first-order valence-corrected chi connectivity index (χ1v) is 9.29. The number of hydrogen-bond acceptors (Lipinski definition) is 2. The van der Waals surface area contributed by atoms with E-state index < -0.39 is 0 Å². The lowest BCUT2D eigenvalue weighted by atomic mass is 9.45. The minimum atomic E-state index is -0.0913. The predicted octanol–water partition coefficient (Wildman–Crippen LogP) is 4.13. The molecule has 22 heavy (non-hydrogen) atoms. The molecule has 0 aromatic rings. The number of allylic oxidation sites excluding steroid dienone is 1. The van der Waals surface area contributed by atoms with Crippen LogP contribution in [0.2, 0.25) is 0 Å². The number of aliphatic hydroxyl groups excluding tert-OH is 1. The maximum Gasteiger partial charge on any atom is 0.155 e. The van der Waals surface area contributed by atoms with E-state index in [2.05, 4.69) is 20.8 Å². The molecule has 4 rings (SSSR count). The highest BCUT2D eigenvalue weighted by atomic mass is 16.3. The minimum Gasteiger partial charge on any atom is -0.393 e. The fourth-order valence-corrected chi connectivity index (χ4v) is 6.96. The molecule has 2 nitrogen and oxygen atoms in total. The van der Waals surface area contributed by atoms with Crippen molar-refractivity contribution in [3.05, 3.63) is 11.6 Å². The Morgan fingerprint density at radius 2 is 1.91 bits per heavy atom. The molecule has 0 bridgehead atoms. The van der Waals surface area contributed by atoms with Gasteiger partial charge in [-0.3, -0.25) is 4.79 Å². The minimum absolute atomic E-state index is 0.0913. The first kappa shape index (κ1) is 14.9. The highest BCUT2D eigenvalue weighted by molar-refractivity contribution is 5.91. The Kier molecular flexibility index (Phi) is 3.18. The van der Waals surface area contributed by atoms with Gasteiger partial charge in [0.05, 0.1) is 6.10 Å². The van der Waals surface area contributed by atoms with E-state index in [0.717, 1.165) is 31.1 Å². The van der Waals surface area contributed by atoms with Crippen molar-refractivity contribution < 1.29 is 9.90 Å². The Bertz CT molecular complexity index is 536. The van der Waals surface area contributed by atoms with Crippen molar-refractivity contribution >= 4 is 5.78 Å². The van der Waals surface area contributed by atoms with Gasteiger partial charge in [0, 0.05) is 6.42 Å². The zero-order valence-electron chi connectivity index (χ0n) is 14.3. The number of ketones is 1. The van der Waals surface area contributed by atoms with Crippen LogP contribution in [0.15, 0.2) is 11.6 Å². The second-order valence-electron chi connectivity index (χ2n) is 9.13. The summed E-state index contributed by atoms with van der Waals surface area (Å²) < 4.78 is 0. The van der Waals surface area contributed by atoms with Crippen molar-refractivity contribution in [2.45, 2.75) is 71.8 Å².